The number of rotatable bonds is 4. The largest absolute Gasteiger partial charge is 0.390 e. The molecule has 5 N–H and O–H groups in total. The average molecular weight is 366 g/mol. The fourth-order valence-electron chi connectivity index (χ4n) is 3.42. The van der Waals surface area contributed by atoms with Gasteiger partial charge in [0.2, 0.25) is 5.95 Å². The third-order valence-electron chi connectivity index (χ3n) is 4.91. The predicted molar refractivity (Wildman–Crippen MR) is 90.1 cm³/mol. The number of nitrogen functional groups attached to an aromatic ring is 1. The first kappa shape index (κ1) is 18.4. The second kappa shape index (κ2) is 7.10. The molecule has 0 radical (unpaired) electrons. The number of aromatic nitrogens is 2. The molecule has 0 aliphatic heterocycles. The normalized spacial score (nSPS) is 26.7. The van der Waals surface area contributed by atoms with Crippen LogP contribution in [0.2, 0.25) is 0 Å². The van der Waals surface area contributed by atoms with Crippen LogP contribution in [0.1, 0.15) is 18.1 Å². The first-order valence-electron chi connectivity index (χ1n) is 8.10. The van der Waals surface area contributed by atoms with Gasteiger partial charge in [-0.05, 0) is 30.2 Å². The molecule has 0 saturated heterocycles. The summed E-state index contributed by atoms with van der Waals surface area (Å²) in [5, 5.41) is 31.3. The minimum absolute atomic E-state index is 0.0701. The summed E-state index contributed by atoms with van der Waals surface area (Å²) in [4.78, 5) is 9.52. The highest BCUT2D eigenvalue weighted by atomic mass is 19.2. The average Bonchev–Trinajstić information content (AvgIpc) is 2.91. The van der Waals surface area contributed by atoms with Crippen molar-refractivity contribution in [3.8, 4) is 0 Å². The molecule has 0 unspecified atom stereocenters. The number of anilines is 2. The second-order valence-corrected chi connectivity index (χ2v) is 6.45. The molecule has 7 nitrogen and oxygen atoms in total. The molecule has 1 saturated carbocycles. The number of nitrogens with two attached hydrogens (primary N) is 1. The van der Waals surface area contributed by atoms with Crippen LogP contribution in [0.4, 0.5) is 20.5 Å². The molecule has 3 rings (SSSR count). The van der Waals surface area contributed by atoms with Gasteiger partial charge in [0.25, 0.3) is 0 Å². The van der Waals surface area contributed by atoms with E-state index >= 15 is 0 Å². The molecule has 2 aromatic rings. The fraction of sp³-hybridized carbons (Fsp3) is 0.412. The van der Waals surface area contributed by atoms with Crippen LogP contribution in [0.3, 0.4) is 0 Å². The van der Waals surface area contributed by atoms with E-state index < -0.39 is 41.9 Å². The standard InChI is InChI=1S/C17H20F2N4O3/c1-23(13-4-5-21-17(20)22-13)12-7-9(15(25)16(12)26)14(24)8-2-3-10(18)11(19)6-8/h2-6,9,12,14-16,24-26H,7H2,1H3,(H2,20,21,22)/t9-,12-,14+,15-,16+/m1/s1. The van der Waals surface area contributed by atoms with Gasteiger partial charge in [-0.3, -0.25) is 0 Å². The van der Waals surface area contributed by atoms with E-state index in [1.54, 1.807) is 18.0 Å². The first-order chi connectivity index (χ1) is 12.3. The molecule has 1 aliphatic rings. The monoisotopic (exact) mass is 366 g/mol. The summed E-state index contributed by atoms with van der Waals surface area (Å²) in [6, 6.07) is 4.11. The van der Waals surface area contributed by atoms with Gasteiger partial charge in [-0.15, -0.1) is 0 Å². The molecule has 1 heterocycles. The first-order valence-corrected chi connectivity index (χ1v) is 8.10. The van der Waals surface area contributed by atoms with E-state index in [0.29, 0.717) is 5.82 Å². The van der Waals surface area contributed by atoms with Gasteiger partial charge >= 0.3 is 0 Å². The molecule has 140 valence electrons. The van der Waals surface area contributed by atoms with Crippen LogP contribution >= 0.6 is 0 Å². The van der Waals surface area contributed by atoms with Crippen LogP contribution in [-0.4, -0.2) is 50.6 Å². The van der Waals surface area contributed by atoms with E-state index in [0.717, 1.165) is 12.1 Å². The Kier molecular flexibility index (Phi) is 5.03. The Morgan fingerprint density at radius 1 is 1.19 bits per heavy atom. The van der Waals surface area contributed by atoms with Crippen LogP contribution in [0.25, 0.3) is 0 Å². The van der Waals surface area contributed by atoms with E-state index in [9.17, 15) is 24.1 Å². The van der Waals surface area contributed by atoms with Crippen molar-refractivity contribution in [2.45, 2.75) is 30.8 Å². The summed E-state index contributed by atoms with van der Waals surface area (Å²) in [7, 11) is 1.68. The van der Waals surface area contributed by atoms with Gasteiger partial charge < -0.3 is 26.0 Å². The Morgan fingerprint density at radius 2 is 1.92 bits per heavy atom. The van der Waals surface area contributed by atoms with E-state index in [1.807, 2.05) is 0 Å². The highest BCUT2D eigenvalue weighted by Crippen LogP contribution is 2.39. The number of hydrogen-bond donors (Lipinski definition) is 4. The molecule has 1 aromatic heterocycles. The van der Waals surface area contributed by atoms with Crippen LogP contribution < -0.4 is 10.6 Å². The van der Waals surface area contributed by atoms with Crippen molar-refractivity contribution in [1.29, 1.82) is 0 Å². The zero-order chi connectivity index (χ0) is 19.0. The van der Waals surface area contributed by atoms with Crippen LogP contribution in [-0.2, 0) is 0 Å². The summed E-state index contributed by atoms with van der Waals surface area (Å²) < 4.78 is 26.5. The maximum Gasteiger partial charge on any atom is 0.221 e. The SMILES string of the molecule is CN(c1ccnc(N)n1)[C@@H]1C[C@H]([C@@H](O)c2ccc(F)c(F)c2)[C@@H](O)[C@H]1O. The lowest BCUT2D eigenvalue weighted by Gasteiger charge is -2.28. The number of aliphatic hydroxyl groups excluding tert-OH is 3. The quantitative estimate of drug-likeness (QED) is 0.627. The molecule has 26 heavy (non-hydrogen) atoms. The summed E-state index contributed by atoms with van der Waals surface area (Å²) in [6.07, 6.45) is -1.99. The number of nitrogens with zero attached hydrogens (tertiary/aromatic N) is 3. The van der Waals surface area contributed by atoms with Crippen LogP contribution in [0.5, 0.6) is 0 Å². The molecule has 0 spiro atoms. The molecular weight excluding hydrogens is 346 g/mol. The van der Waals surface area contributed by atoms with Crippen molar-refractivity contribution in [3.05, 3.63) is 47.7 Å². The lowest BCUT2D eigenvalue weighted by atomic mass is 9.92. The number of benzene rings is 1. The maximum absolute atomic E-state index is 13.4. The maximum atomic E-state index is 13.4. The highest BCUT2D eigenvalue weighted by molar-refractivity contribution is 5.42. The third kappa shape index (κ3) is 3.33. The third-order valence-corrected chi connectivity index (χ3v) is 4.91. The van der Waals surface area contributed by atoms with Crippen LogP contribution in [0.15, 0.2) is 30.5 Å². The smallest absolute Gasteiger partial charge is 0.221 e. The Balaban J connectivity index is 1.81. The number of likely N-dealkylation sites (N-methyl/N-ethyl adjacent to an activating group) is 1. The van der Waals surface area contributed by atoms with E-state index in [2.05, 4.69) is 9.97 Å². The minimum Gasteiger partial charge on any atom is -0.390 e. The van der Waals surface area contributed by atoms with Crippen molar-refractivity contribution in [1.82, 2.24) is 9.97 Å². The number of hydrogen-bond acceptors (Lipinski definition) is 7. The van der Waals surface area contributed by atoms with E-state index in [-0.39, 0.29) is 17.9 Å². The molecule has 9 heteroatoms. The van der Waals surface area contributed by atoms with Crippen molar-refractivity contribution >= 4 is 11.8 Å². The van der Waals surface area contributed by atoms with Gasteiger partial charge in [0, 0.05) is 19.2 Å². The second-order valence-electron chi connectivity index (χ2n) is 6.45. The van der Waals surface area contributed by atoms with Gasteiger partial charge in [-0.25, -0.2) is 13.8 Å². The molecule has 1 fully saturated rings. The summed E-state index contributed by atoms with van der Waals surface area (Å²) >= 11 is 0. The van der Waals surface area contributed by atoms with Crippen molar-refractivity contribution in [2.75, 3.05) is 17.7 Å². The Morgan fingerprint density at radius 3 is 2.58 bits per heavy atom. The molecule has 0 amide bonds. The Labute approximate surface area is 148 Å². The molecule has 0 bridgehead atoms. The molecule has 1 aliphatic carbocycles. The van der Waals surface area contributed by atoms with Gasteiger partial charge in [0.05, 0.1) is 18.2 Å². The molecule has 5 atom stereocenters. The zero-order valence-corrected chi connectivity index (χ0v) is 14.0. The fourth-order valence-corrected chi connectivity index (χ4v) is 3.42. The molecular formula is C17H20F2N4O3. The summed E-state index contributed by atoms with van der Waals surface area (Å²) in [5.41, 5.74) is 5.70. The van der Waals surface area contributed by atoms with Crippen molar-refractivity contribution in [3.63, 3.8) is 0 Å². The van der Waals surface area contributed by atoms with Crippen molar-refractivity contribution in [2.24, 2.45) is 5.92 Å². The summed E-state index contributed by atoms with van der Waals surface area (Å²) in [6.45, 7) is 0. The lowest BCUT2D eigenvalue weighted by molar-refractivity contribution is -0.0232. The Bertz CT molecular complexity index is 794. The number of aliphatic hydroxyl groups is 3. The Hall–Kier alpha value is -2.36. The van der Waals surface area contributed by atoms with E-state index in [1.165, 1.54) is 12.3 Å². The lowest BCUT2D eigenvalue weighted by Crippen LogP contribution is -2.42. The molecule has 1 aromatic carbocycles. The van der Waals surface area contributed by atoms with Crippen LogP contribution in [0, 0.1) is 17.6 Å². The van der Waals surface area contributed by atoms with E-state index in [4.69, 9.17) is 5.73 Å². The topological polar surface area (TPSA) is 116 Å². The predicted octanol–water partition coefficient (Wildman–Crippen LogP) is 0.617. The highest BCUT2D eigenvalue weighted by Gasteiger charge is 2.47. The minimum atomic E-state index is -1.26. The van der Waals surface area contributed by atoms with Crippen molar-refractivity contribution < 1.29 is 24.1 Å². The van der Waals surface area contributed by atoms with Gasteiger partial charge in [-0.2, -0.15) is 4.98 Å². The summed E-state index contributed by atoms with van der Waals surface area (Å²) in [5.74, 6) is -2.34. The van der Waals surface area contributed by atoms with Gasteiger partial charge in [0.1, 0.15) is 11.9 Å². The zero-order valence-electron chi connectivity index (χ0n) is 14.0. The van der Waals surface area contributed by atoms with Gasteiger partial charge in [0.15, 0.2) is 11.6 Å². The number of halogens is 2. The van der Waals surface area contributed by atoms with Gasteiger partial charge in [-0.1, -0.05) is 6.07 Å².